The lowest BCUT2D eigenvalue weighted by atomic mass is 10.2. The highest BCUT2D eigenvalue weighted by Gasteiger charge is 1.96. The van der Waals surface area contributed by atoms with Gasteiger partial charge in [0.05, 0.1) is 0 Å². The van der Waals surface area contributed by atoms with Crippen LogP contribution in [0.25, 0.3) is 4.48 Å². The first-order valence-electron chi connectivity index (χ1n) is 4.99. The zero-order valence-electron chi connectivity index (χ0n) is 8.64. The maximum atomic E-state index is 3.58. The standard InChI is InChI=1S/C14H11BrS/c15-14(12-7-3-1-4-8-12)11-16-13-9-5-2-6-10-13/h1-11H/b14-11+. The van der Waals surface area contributed by atoms with Crippen molar-refractivity contribution in [3.8, 4) is 0 Å². The third kappa shape index (κ3) is 3.26. The predicted molar refractivity (Wildman–Crippen MR) is 75.6 cm³/mol. The molecule has 0 spiro atoms. The third-order valence-electron chi connectivity index (χ3n) is 2.09. The van der Waals surface area contributed by atoms with Crippen LogP contribution in [0.15, 0.2) is 71.0 Å². The van der Waals surface area contributed by atoms with Gasteiger partial charge in [-0.25, -0.2) is 0 Å². The Balaban J connectivity index is 2.09. The van der Waals surface area contributed by atoms with Crippen LogP contribution < -0.4 is 0 Å². The molecule has 0 aliphatic rings. The van der Waals surface area contributed by atoms with Crippen molar-refractivity contribution in [2.45, 2.75) is 4.90 Å². The molecule has 2 heteroatoms. The van der Waals surface area contributed by atoms with Gasteiger partial charge in [0.25, 0.3) is 0 Å². The van der Waals surface area contributed by atoms with E-state index in [0.717, 1.165) is 4.48 Å². The Labute approximate surface area is 109 Å². The van der Waals surface area contributed by atoms with Gasteiger partial charge in [-0.05, 0) is 39.0 Å². The van der Waals surface area contributed by atoms with Crippen molar-refractivity contribution in [1.82, 2.24) is 0 Å². The minimum absolute atomic E-state index is 1.11. The highest BCUT2D eigenvalue weighted by atomic mass is 79.9. The summed E-state index contributed by atoms with van der Waals surface area (Å²) in [6, 6.07) is 20.6. The van der Waals surface area contributed by atoms with Gasteiger partial charge in [-0.1, -0.05) is 60.3 Å². The number of halogens is 1. The summed E-state index contributed by atoms with van der Waals surface area (Å²) >= 11 is 5.30. The Hall–Kier alpha value is -0.990. The average molecular weight is 291 g/mol. The van der Waals surface area contributed by atoms with Gasteiger partial charge in [0.1, 0.15) is 0 Å². The molecular formula is C14H11BrS. The quantitative estimate of drug-likeness (QED) is 0.703. The first-order valence-corrected chi connectivity index (χ1v) is 6.66. The van der Waals surface area contributed by atoms with Gasteiger partial charge in [0.2, 0.25) is 0 Å². The van der Waals surface area contributed by atoms with E-state index in [4.69, 9.17) is 0 Å². The molecule has 0 saturated carbocycles. The van der Waals surface area contributed by atoms with Crippen molar-refractivity contribution < 1.29 is 0 Å². The molecule has 0 N–H and O–H groups in total. The van der Waals surface area contributed by atoms with Gasteiger partial charge < -0.3 is 0 Å². The van der Waals surface area contributed by atoms with Crippen molar-refractivity contribution >= 4 is 32.2 Å². The zero-order chi connectivity index (χ0) is 11.2. The number of hydrogen-bond donors (Lipinski definition) is 0. The van der Waals surface area contributed by atoms with Crippen LogP contribution in [0.1, 0.15) is 5.56 Å². The van der Waals surface area contributed by atoms with Crippen LogP contribution in [0.2, 0.25) is 0 Å². The molecule has 0 unspecified atom stereocenters. The molecule has 0 heterocycles. The van der Waals surface area contributed by atoms with Crippen molar-refractivity contribution in [3.05, 3.63) is 71.6 Å². The topological polar surface area (TPSA) is 0 Å². The van der Waals surface area contributed by atoms with E-state index >= 15 is 0 Å². The maximum absolute atomic E-state index is 3.58. The molecule has 0 bridgehead atoms. The lowest BCUT2D eigenvalue weighted by Crippen LogP contribution is -1.73. The van der Waals surface area contributed by atoms with Crippen LogP contribution in [0.5, 0.6) is 0 Å². The Morgan fingerprint density at radius 3 is 2.06 bits per heavy atom. The summed E-state index contributed by atoms with van der Waals surface area (Å²) in [5, 5.41) is 2.12. The summed E-state index contributed by atoms with van der Waals surface area (Å²) in [6.45, 7) is 0. The number of thioether (sulfide) groups is 1. The summed E-state index contributed by atoms with van der Waals surface area (Å²) in [7, 11) is 0. The van der Waals surface area contributed by atoms with Crippen molar-refractivity contribution in [2.75, 3.05) is 0 Å². The molecule has 0 atom stereocenters. The molecule has 2 rings (SSSR count). The van der Waals surface area contributed by atoms with E-state index in [-0.39, 0.29) is 0 Å². The average Bonchev–Trinajstić information content (AvgIpc) is 2.38. The molecule has 80 valence electrons. The van der Waals surface area contributed by atoms with Crippen LogP contribution >= 0.6 is 27.7 Å². The molecule has 2 aromatic carbocycles. The smallest absolute Gasteiger partial charge is 0.0314 e. The number of hydrogen-bond acceptors (Lipinski definition) is 1. The van der Waals surface area contributed by atoms with Gasteiger partial charge in [0, 0.05) is 9.38 Å². The zero-order valence-corrected chi connectivity index (χ0v) is 11.0. The summed E-state index contributed by atoms with van der Waals surface area (Å²) in [6.07, 6.45) is 0. The maximum Gasteiger partial charge on any atom is 0.0314 e. The van der Waals surface area contributed by atoms with E-state index in [1.54, 1.807) is 11.8 Å². The SMILES string of the molecule is Br/C(=C/Sc1ccccc1)c1ccccc1. The number of rotatable bonds is 3. The molecular weight excluding hydrogens is 280 g/mol. The predicted octanol–water partition coefficient (Wildman–Crippen LogP) is 5.17. The monoisotopic (exact) mass is 290 g/mol. The van der Waals surface area contributed by atoms with Crippen LogP contribution in [0, 0.1) is 0 Å². The third-order valence-corrected chi connectivity index (χ3v) is 3.98. The second-order valence-corrected chi connectivity index (χ2v) is 5.06. The normalized spacial score (nSPS) is 11.4. The molecule has 0 saturated heterocycles. The van der Waals surface area contributed by atoms with Crippen molar-refractivity contribution in [2.24, 2.45) is 0 Å². The fourth-order valence-corrected chi connectivity index (χ4v) is 2.52. The molecule has 0 aromatic heterocycles. The van der Waals surface area contributed by atoms with E-state index in [1.165, 1.54) is 10.5 Å². The largest absolute Gasteiger partial charge is 0.0969 e. The molecule has 0 radical (unpaired) electrons. The van der Waals surface area contributed by atoms with E-state index in [0.29, 0.717) is 0 Å². The van der Waals surface area contributed by atoms with E-state index in [2.05, 4.69) is 45.6 Å². The molecule has 0 fully saturated rings. The molecule has 16 heavy (non-hydrogen) atoms. The van der Waals surface area contributed by atoms with E-state index in [1.807, 2.05) is 36.4 Å². The van der Waals surface area contributed by atoms with Crippen LogP contribution in [-0.4, -0.2) is 0 Å². The van der Waals surface area contributed by atoms with Gasteiger partial charge in [0.15, 0.2) is 0 Å². The second-order valence-electron chi connectivity index (χ2n) is 3.26. The molecule has 2 aromatic rings. The van der Waals surface area contributed by atoms with Crippen molar-refractivity contribution in [3.63, 3.8) is 0 Å². The fraction of sp³-hybridized carbons (Fsp3) is 0. The van der Waals surface area contributed by atoms with E-state index in [9.17, 15) is 0 Å². The highest BCUT2D eigenvalue weighted by Crippen LogP contribution is 2.28. The minimum Gasteiger partial charge on any atom is -0.0969 e. The highest BCUT2D eigenvalue weighted by molar-refractivity contribution is 9.15. The summed E-state index contributed by atoms with van der Waals surface area (Å²) in [5.41, 5.74) is 1.20. The Morgan fingerprint density at radius 2 is 1.44 bits per heavy atom. The first kappa shape index (κ1) is 11.5. The summed E-state index contributed by atoms with van der Waals surface area (Å²) in [4.78, 5) is 1.25. The fourth-order valence-electron chi connectivity index (χ4n) is 1.28. The first-order chi connectivity index (χ1) is 7.86. The Morgan fingerprint density at radius 1 is 0.875 bits per heavy atom. The van der Waals surface area contributed by atoms with Crippen LogP contribution in [0.3, 0.4) is 0 Å². The number of benzene rings is 2. The molecule has 0 aliphatic carbocycles. The van der Waals surface area contributed by atoms with Gasteiger partial charge in [-0.3, -0.25) is 0 Å². The van der Waals surface area contributed by atoms with Gasteiger partial charge >= 0.3 is 0 Å². The summed E-state index contributed by atoms with van der Waals surface area (Å²) in [5.74, 6) is 0. The van der Waals surface area contributed by atoms with Crippen LogP contribution in [-0.2, 0) is 0 Å². The van der Waals surface area contributed by atoms with E-state index < -0.39 is 0 Å². The van der Waals surface area contributed by atoms with Crippen LogP contribution in [0.4, 0.5) is 0 Å². The Bertz CT molecular complexity index is 463. The second kappa shape index (κ2) is 5.92. The van der Waals surface area contributed by atoms with Crippen molar-refractivity contribution in [1.29, 1.82) is 0 Å². The lowest BCUT2D eigenvalue weighted by molar-refractivity contribution is 1.47. The molecule has 0 amide bonds. The summed E-state index contributed by atoms with van der Waals surface area (Å²) < 4.78 is 1.11. The van der Waals surface area contributed by atoms with Gasteiger partial charge in [-0.2, -0.15) is 0 Å². The minimum atomic E-state index is 1.11. The lowest BCUT2D eigenvalue weighted by Gasteiger charge is -1.99. The molecule has 0 aliphatic heterocycles. The van der Waals surface area contributed by atoms with Gasteiger partial charge in [-0.15, -0.1) is 0 Å². The molecule has 0 nitrogen and oxygen atoms in total. The Kier molecular flexibility index (Phi) is 4.25.